The van der Waals surface area contributed by atoms with Crippen molar-refractivity contribution >= 4 is 5.84 Å². The van der Waals surface area contributed by atoms with Crippen LogP contribution in [0.25, 0.3) is 0 Å². The minimum absolute atomic E-state index is 0. The smallest absolute Gasteiger partial charge is 0.248 e. The molecule has 1 aliphatic heterocycles. The van der Waals surface area contributed by atoms with E-state index in [1.165, 1.54) is 5.84 Å². The van der Waals surface area contributed by atoms with Crippen LogP contribution in [0, 0.1) is 0 Å². The molecule has 2 nitrogen and oxygen atoms in total. The number of hydrogen-bond acceptors (Lipinski definition) is 1. The summed E-state index contributed by atoms with van der Waals surface area (Å²) in [6.07, 6.45) is 1.87. The minimum atomic E-state index is 0. The summed E-state index contributed by atoms with van der Waals surface area (Å²) in [7, 11) is 2.10. The van der Waals surface area contributed by atoms with E-state index in [1.54, 1.807) is 0 Å². The molecule has 0 atom stereocenters. The Hall–Kier alpha value is -0.500. The van der Waals surface area contributed by atoms with Crippen molar-refractivity contribution in [2.24, 2.45) is 0 Å². The third-order valence-electron chi connectivity index (χ3n) is 1.86. The molecule has 0 fully saturated rings. The lowest BCUT2D eigenvalue weighted by molar-refractivity contribution is -0.487. The summed E-state index contributed by atoms with van der Waals surface area (Å²) < 4.78 is 2.22. The summed E-state index contributed by atoms with van der Waals surface area (Å²) in [5.41, 5.74) is 0. The molecule has 0 radical (unpaired) electrons. The van der Waals surface area contributed by atoms with Gasteiger partial charge in [-0.3, -0.25) is 4.58 Å². The van der Waals surface area contributed by atoms with Gasteiger partial charge in [0, 0.05) is 6.92 Å². The van der Waals surface area contributed by atoms with Gasteiger partial charge in [-0.1, -0.05) is 6.58 Å². The molecule has 1 rings (SSSR count). The molecule has 0 unspecified atom stereocenters. The number of hydrogen-bond donors (Lipinski definition) is 0. The molecule has 0 spiro atoms. The molecular weight excluding hydrogens is 148 g/mol. The predicted octanol–water partition coefficient (Wildman–Crippen LogP) is -2.49. The van der Waals surface area contributed by atoms with E-state index in [2.05, 4.69) is 30.0 Å². The van der Waals surface area contributed by atoms with Gasteiger partial charge in [-0.2, -0.15) is 0 Å². The summed E-state index contributed by atoms with van der Waals surface area (Å²) in [6.45, 7) is 8.02. The van der Waals surface area contributed by atoms with E-state index in [0.29, 0.717) is 0 Å². The van der Waals surface area contributed by atoms with Crippen LogP contribution in [-0.2, 0) is 0 Å². The van der Waals surface area contributed by atoms with E-state index in [0.717, 1.165) is 13.1 Å². The fraction of sp³-hybridized carbons (Fsp3) is 0.571. The predicted molar refractivity (Wildman–Crippen MR) is 38.6 cm³/mol. The quantitative estimate of drug-likeness (QED) is 0.385. The molecule has 3 heteroatoms. The Balaban J connectivity index is 0.000000810. The van der Waals surface area contributed by atoms with Crippen molar-refractivity contribution in [2.45, 2.75) is 6.92 Å². The van der Waals surface area contributed by atoms with Crippen molar-refractivity contribution in [1.82, 2.24) is 4.90 Å². The average Bonchev–Trinajstić information content (AvgIpc) is 2.15. The summed E-state index contributed by atoms with van der Waals surface area (Å²) >= 11 is 0. The Kier molecular flexibility index (Phi) is 3.43. The Bertz CT molecular complexity index is 163. The largest absolute Gasteiger partial charge is 1.00 e. The molecule has 10 heavy (non-hydrogen) atoms. The second-order valence-electron chi connectivity index (χ2n) is 2.34. The van der Waals surface area contributed by atoms with Gasteiger partial charge in [-0.05, 0) is 0 Å². The lowest BCUT2D eigenvalue weighted by atomic mass is 10.5. The third kappa shape index (κ3) is 1.51. The SMILES string of the molecule is C=CN1CC[N+](C)=C1C.[Cl-]. The van der Waals surface area contributed by atoms with Gasteiger partial charge in [-0.25, -0.2) is 4.90 Å². The highest BCUT2D eigenvalue weighted by atomic mass is 35.5. The van der Waals surface area contributed by atoms with Crippen LogP contribution in [-0.4, -0.2) is 35.4 Å². The molecule has 0 aromatic carbocycles. The Morgan fingerprint density at radius 2 is 2.30 bits per heavy atom. The summed E-state index contributed by atoms with van der Waals surface area (Å²) in [5.74, 6) is 1.30. The number of rotatable bonds is 1. The van der Waals surface area contributed by atoms with Crippen LogP contribution in [0.5, 0.6) is 0 Å². The molecule has 0 saturated carbocycles. The topological polar surface area (TPSA) is 6.25 Å². The molecule has 0 saturated heterocycles. The monoisotopic (exact) mass is 160 g/mol. The maximum Gasteiger partial charge on any atom is 0.248 e. The Morgan fingerprint density at radius 3 is 2.50 bits per heavy atom. The van der Waals surface area contributed by atoms with Crippen LogP contribution < -0.4 is 12.4 Å². The van der Waals surface area contributed by atoms with Crippen molar-refractivity contribution < 1.29 is 17.0 Å². The summed E-state index contributed by atoms with van der Waals surface area (Å²) in [6, 6.07) is 0. The molecule has 0 aliphatic carbocycles. The van der Waals surface area contributed by atoms with Gasteiger partial charge in [0.15, 0.2) is 0 Å². The highest BCUT2D eigenvalue weighted by Crippen LogP contribution is 1.98. The van der Waals surface area contributed by atoms with Crippen LogP contribution in [0.1, 0.15) is 6.92 Å². The molecule has 0 aromatic heterocycles. The third-order valence-corrected chi connectivity index (χ3v) is 1.86. The Morgan fingerprint density at radius 1 is 1.70 bits per heavy atom. The number of likely N-dealkylation sites (N-methyl/N-ethyl adjacent to an activating group) is 1. The molecule has 0 bridgehead atoms. The van der Waals surface area contributed by atoms with Crippen molar-refractivity contribution in [3.05, 3.63) is 12.8 Å². The molecule has 0 N–H and O–H groups in total. The molecular formula is C7H13ClN2. The first-order chi connectivity index (χ1) is 4.25. The summed E-state index contributed by atoms with van der Waals surface area (Å²) in [5, 5.41) is 0. The van der Waals surface area contributed by atoms with Crippen LogP contribution in [0.15, 0.2) is 12.8 Å². The van der Waals surface area contributed by atoms with Crippen molar-refractivity contribution in [1.29, 1.82) is 0 Å². The standard InChI is InChI=1S/C7H13N2.ClH/c1-4-9-6-5-8(3)7(9)2;/h4H,1,5-6H2,2-3H3;1H/q+1;/p-1. The molecule has 1 aliphatic rings. The Labute approximate surface area is 68.3 Å². The van der Waals surface area contributed by atoms with Crippen LogP contribution in [0.2, 0.25) is 0 Å². The fourth-order valence-corrected chi connectivity index (χ4v) is 1.02. The van der Waals surface area contributed by atoms with Crippen LogP contribution in [0.4, 0.5) is 0 Å². The van der Waals surface area contributed by atoms with Gasteiger partial charge in [0.05, 0.1) is 13.2 Å². The van der Waals surface area contributed by atoms with Gasteiger partial charge in [0.2, 0.25) is 5.84 Å². The highest BCUT2D eigenvalue weighted by Gasteiger charge is 2.20. The summed E-state index contributed by atoms with van der Waals surface area (Å²) in [4.78, 5) is 2.15. The maximum absolute atomic E-state index is 3.71. The lowest BCUT2D eigenvalue weighted by Gasteiger charge is -2.00. The second-order valence-corrected chi connectivity index (χ2v) is 2.34. The van der Waals surface area contributed by atoms with Crippen molar-refractivity contribution in [2.75, 3.05) is 20.1 Å². The van der Waals surface area contributed by atoms with E-state index in [9.17, 15) is 0 Å². The molecule has 0 aromatic rings. The zero-order valence-corrected chi connectivity index (χ0v) is 7.23. The number of halogens is 1. The highest BCUT2D eigenvalue weighted by molar-refractivity contribution is 5.76. The van der Waals surface area contributed by atoms with Crippen LogP contribution >= 0.6 is 0 Å². The number of amidine groups is 1. The maximum atomic E-state index is 3.71. The normalized spacial score (nSPS) is 17.2. The van der Waals surface area contributed by atoms with E-state index in [-0.39, 0.29) is 12.4 Å². The van der Waals surface area contributed by atoms with E-state index < -0.39 is 0 Å². The molecule has 58 valence electrons. The van der Waals surface area contributed by atoms with Gasteiger partial charge in [-0.15, -0.1) is 0 Å². The molecule has 1 heterocycles. The molecule has 0 amide bonds. The van der Waals surface area contributed by atoms with E-state index in [4.69, 9.17) is 0 Å². The zero-order chi connectivity index (χ0) is 6.85. The van der Waals surface area contributed by atoms with Crippen molar-refractivity contribution in [3.8, 4) is 0 Å². The van der Waals surface area contributed by atoms with Gasteiger partial charge < -0.3 is 12.4 Å². The van der Waals surface area contributed by atoms with E-state index in [1.807, 2.05) is 6.20 Å². The van der Waals surface area contributed by atoms with E-state index >= 15 is 0 Å². The lowest BCUT2D eigenvalue weighted by Crippen LogP contribution is -3.00. The fourth-order valence-electron chi connectivity index (χ4n) is 1.02. The first-order valence-corrected chi connectivity index (χ1v) is 3.19. The van der Waals surface area contributed by atoms with Crippen molar-refractivity contribution in [3.63, 3.8) is 0 Å². The van der Waals surface area contributed by atoms with Gasteiger partial charge in [0.1, 0.15) is 13.1 Å². The van der Waals surface area contributed by atoms with Gasteiger partial charge >= 0.3 is 0 Å². The first-order valence-electron chi connectivity index (χ1n) is 3.19. The number of nitrogens with zero attached hydrogens (tertiary/aromatic N) is 2. The zero-order valence-electron chi connectivity index (χ0n) is 6.47. The first kappa shape index (κ1) is 9.50. The van der Waals surface area contributed by atoms with Crippen LogP contribution in [0.3, 0.4) is 0 Å². The average molecular weight is 161 g/mol. The van der Waals surface area contributed by atoms with Gasteiger partial charge in [0.25, 0.3) is 0 Å². The second kappa shape index (κ2) is 3.62. The minimum Gasteiger partial charge on any atom is -1.00 e.